The molecule has 0 aliphatic rings. The molecule has 0 atom stereocenters. The van der Waals surface area contributed by atoms with E-state index in [1.807, 2.05) is 30.3 Å². The van der Waals surface area contributed by atoms with Gasteiger partial charge in [-0.05, 0) is 23.3 Å². The van der Waals surface area contributed by atoms with Gasteiger partial charge in [0, 0.05) is 6.92 Å². The van der Waals surface area contributed by atoms with Crippen LogP contribution in [0.5, 0.6) is 0 Å². The quantitative estimate of drug-likeness (QED) is 0.885. The van der Waals surface area contributed by atoms with Crippen molar-refractivity contribution in [3.05, 3.63) is 54.1 Å². The Morgan fingerprint density at radius 3 is 2.26 bits per heavy atom. The van der Waals surface area contributed by atoms with Crippen LogP contribution in [0.25, 0.3) is 11.1 Å². The fourth-order valence-electron chi connectivity index (χ4n) is 1.83. The summed E-state index contributed by atoms with van der Waals surface area (Å²) < 4.78 is 0. The molecule has 2 rings (SSSR count). The molecule has 2 aromatic carbocycles. The van der Waals surface area contributed by atoms with E-state index in [4.69, 9.17) is 5.11 Å². The van der Waals surface area contributed by atoms with Crippen molar-refractivity contribution < 1.29 is 14.7 Å². The lowest BCUT2D eigenvalue weighted by Gasteiger charge is -2.09. The number of hydrogen-bond donors (Lipinski definition) is 2. The first-order valence-electron chi connectivity index (χ1n) is 5.78. The van der Waals surface area contributed by atoms with Gasteiger partial charge in [0.2, 0.25) is 5.91 Å². The Balaban J connectivity index is 2.49. The SMILES string of the molecule is CC(=O)Nc1cc(-c2ccccc2)ccc1C(=O)O. The smallest absolute Gasteiger partial charge is 0.337 e. The largest absolute Gasteiger partial charge is 0.478 e. The number of carbonyl (C=O) groups excluding carboxylic acids is 1. The van der Waals surface area contributed by atoms with Crippen molar-refractivity contribution >= 4 is 17.6 Å². The lowest BCUT2D eigenvalue weighted by Crippen LogP contribution is -2.10. The van der Waals surface area contributed by atoms with E-state index < -0.39 is 5.97 Å². The summed E-state index contributed by atoms with van der Waals surface area (Å²) in [5, 5.41) is 11.6. The van der Waals surface area contributed by atoms with Gasteiger partial charge in [-0.1, -0.05) is 36.4 Å². The fourth-order valence-corrected chi connectivity index (χ4v) is 1.83. The van der Waals surface area contributed by atoms with E-state index in [0.717, 1.165) is 11.1 Å². The first kappa shape index (κ1) is 12.8. The minimum Gasteiger partial charge on any atom is -0.478 e. The average molecular weight is 255 g/mol. The van der Waals surface area contributed by atoms with Gasteiger partial charge in [-0.3, -0.25) is 4.79 Å². The van der Waals surface area contributed by atoms with Gasteiger partial charge in [0.1, 0.15) is 0 Å². The lowest BCUT2D eigenvalue weighted by atomic mass is 10.0. The number of rotatable bonds is 3. The summed E-state index contributed by atoms with van der Waals surface area (Å²) >= 11 is 0. The lowest BCUT2D eigenvalue weighted by molar-refractivity contribution is -0.114. The molecule has 19 heavy (non-hydrogen) atoms. The molecule has 2 aromatic rings. The highest BCUT2D eigenvalue weighted by Crippen LogP contribution is 2.25. The number of nitrogens with one attached hydrogen (secondary N) is 1. The number of anilines is 1. The summed E-state index contributed by atoms with van der Waals surface area (Å²) in [4.78, 5) is 22.2. The van der Waals surface area contributed by atoms with Crippen molar-refractivity contribution in [3.8, 4) is 11.1 Å². The van der Waals surface area contributed by atoms with Crippen molar-refractivity contribution in [3.63, 3.8) is 0 Å². The van der Waals surface area contributed by atoms with Crippen LogP contribution in [0.3, 0.4) is 0 Å². The van der Waals surface area contributed by atoms with Crippen LogP contribution in [0.15, 0.2) is 48.5 Å². The van der Waals surface area contributed by atoms with Crippen LogP contribution in [-0.2, 0) is 4.79 Å². The molecule has 0 aliphatic heterocycles. The van der Waals surface area contributed by atoms with Gasteiger partial charge in [0.15, 0.2) is 0 Å². The summed E-state index contributed by atoms with van der Waals surface area (Å²) in [6.07, 6.45) is 0. The van der Waals surface area contributed by atoms with E-state index in [1.54, 1.807) is 12.1 Å². The van der Waals surface area contributed by atoms with Crippen LogP contribution in [-0.4, -0.2) is 17.0 Å². The highest BCUT2D eigenvalue weighted by Gasteiger charge is 2.12. The van der Waals surface area contributed by atoms with Crippen molar-refractivity contribution in [1.82, 2.24) is 0 Å². The Labute approximate surface area is 110 Å². The maximum atomic E-state index is 11.1. The van der Waals surface area contributed by atoms with Crippen molar-refractivity contribution in [2.45, 2.75) is 6.92 Å². The van der Waals surface area contributed by atoms with Gasteiger partial charge in [0.05, 0.1) is 11.3 Å². The van der Waals surface area contributed by atoms with Gasteiger partial charge in [-0.25, -0.2) is 4.79 Å². The van der Waals surface area contributed by atoms with E-state index >= 15 is 0 Å². The predicted molar refractivity (Wildman–Crippen MR) is 73.1 cm³/mol. The number of carbonyl (C=O) groups is 2. The molecule has 4 nitrogen and oxygen atoms in total. The Morgan fingerprint density at radius 1 is 1.00 bits per heavy atom. The highest BCUT2D eigenvalue weighted by molar-refractivity contribution is 6.00. The van der Waals surface area contributed by atoms with E-state index in [2.05, 4.69) is 5.32 Å². The Kier molecular flexibility index (Phi) is 3.61. The molecule has 96 valence electrons. The van der Waals surface area contributed by atoms with Crippen LogP contribution < -0.4 is 5.32 Å². The molecule has 1 amide bonds. The summed E-state index contributed by atoms with van der Waals surface area (Å²) in [7, 11) is 0. The zero-order chi connectivity index (χ0) is 13.8. The van der Waals surface area contributed by atoms with Gasteiger partial charge in [-0.15, -0.1) is 0 Å². The normalized spacial score (nSPS) is 9.95. The molecule has 2 N–H and O–H groups in total. The highest BCUT2D eigenvalue weighted by atomic mass is 16.4. The molecule has 0 unspecified atom stereocenters. The zero-order valence-corrected chi connectivity index (χ0v) is 10.4. The number of aromatic carboxylic acids is 1. The number of carboxylic acid groups (broad SMARTS) is 1. The monoisotopic (exact) mass is 255 g/mol. The van der Waals surface area contributed by atoms with Crippen LogP contribution in [0.2, 0.25) is 0 Å². The standard InChI is InChI=1S/C15H13NO3/c1-10(17)16-14-9-12(7-8-13(14)15(18)19)11-5-3-2-4-6-11/h2-9H,1H3,(H,16,17)(H,18,19). The van der Waals surface area contributed by atoms with Crippen LogP contribution in [0, 0.1) is 0 Å². The topological polar surface area (TPSA) is 66.4 Å². The molecule has 4 heteroatoms. The van der Waals surface area contributed by atoms with Crippen LogP contribution in [0.1, 0.15) is 17.3 Å². The first-order chi connectivity index (χ1) is 9.08. The number of hydrogen-bond acceptors (Lipinski definition) is 2. The minimum absolute atomic E-state index is 0.0786. The van der Waals surface area contributed by atoms with E-state index in [0.29, 0.717) is 5.69 Å². The second-order valence-corrected chi connectivity index (χ2v) is 4.11. The second-order valence-electron chi connectivity index (χ2n) is 4.11. The minimum atomic E-state index is -1.07. The van der Waals surface area contributed by atoms with E-state index in [1.165, 1.54) is 13.0 Å². The summed E-state index contributed by atoms with van der Waals surface area (Å²) in [5.74, 6) is -1.36. The fraction of sp³-hybridized carbons (Fsp3) is 0.0667. The number of benzene rings is 2. The molecule has 0 aromatic heterocycles. The molecule has 0 aliphatic carbocycles. The van der Waals surface area contributed by atoms with Crippen molar-refractivity contribution in [2.75, 3.05) is 5.32 Å². The molecule has 0 radical (unpaired) electrons. The number of carboxylic acids is 1. The van der Waals surface area contributed by atoms with Gasteiger partial charge in [-0.2, -0.15) is 0 Å². The molecule has 0 heterocycles. The first-order valence-corrected chi connectivity index (χ1v) is 5.78. The molecular weight excluding hydrogens is 242 g/mol. The third-order valence-electron chi connectivity index (χ3n) is 2.67. The summed E-state index contributed by atoms with van der Waals surface area (Å²) in [6, 6.07) is 14.4. The van der Waals surface area contributed by atoms with Gasteiger partial charge < -0.3 is 10.4 Å². The zero-order valence-electron chi connectivity index (χ0n) is 10.4. The van der Waals surface area contributed by atoms with Gasteiger partial charge in [0.25, 0.3) is 0 Å². The Hall–Kier alpha value is -2.62. The van der Waals surface area contributed by atoms with E-state index in [-0.39, 0.29) is 11.5 Å². The van der Waals surface area contributed by atoms with Crippen LogP contribution in [0.4, 0.5) is 5.69 Å². The molecule has 0 spiro atoms. The number of amides is 1. The third-order valence-corrected chi connectivity index (χ3v) is 2.67. The molecule has 0 saturated heterocycles. The molecule has 0 saturated carbocycles. The molecule has 0 fully saturated rings. The third kappa shape index (κ3) is 2.98. The Bertz CT molecular complexity index is 621. The predicted octanol–water partition coefficient (Wildman–Crippen LogP) is 3.01. The van der Waals surface area contributed by atoms with Crippen LogP contribution >= 0.6 is 0 Å². The summed E-state index contributed by atoms with van der Waals surface area (Å²) in [5.41, 5.74) is 2.21. The molecular formula is C15H13NO3. The van der Waals surface area contributed by atoms with Crippen molar-refractivity contribution in [1.29, 1.82) is 0 Å². The average Bonchev–Trinajstić information content (AvgIpc) is 2.38. The maximum absolute atomic E-state index is 11.1. The van der Waals surface area contributed by atoms with Crippen molar-refractivity contribution in [2.24, 2.45) is 0 Å². The van der Waals surface area contributed by atoms with E-state index in [9.17, 15) is 9.59 Å². The second kappa shape index (κ2) is 5.35. The Morgan fingerprint density at radius 2 is 1.68 bits per heavy atom. The maximum Gasteiger partial charge on any atom is 0.337 e. The summed E-state index contributed by atoms with van der Waals surface area (Å²) in [6.45, 7) is 1.35. The van der Waals surface area contributed by atoms with Gasteiger partial charge >= 0.3 is 5.97 Å². The molecule has 0 bridgehead atoms.